The van der Waals surface area contributed by atoms with E-state index < -0.39 is 17.9 Å². The highest BCUT2D eigenvalue weighted by Crippen LogP contribution is 2.40. The average molecular weight is 204 g/mol. The van der Waals surface area contributed by atoms with Crippen molar-refractivity contribution < 1.29 is 18.7 Å². The van der Waals surface area contributed by atoms with Crippen LogP contribution in [0.3, 0.4) is 0 Å². The zero-order valence-electron chi connectivity index (χ0n) is 9.04. The minimum Gasteiger partial charge on any atom is -0.432 e. The van der Waals surface area contributed by atoms with Crippen LogP contribution in [-0.2, 0) is 14.3 Å². The molecule has 1 unspecified atom stereocenters. The lowest BCUT2D eigenvalue weighted by atomic mass is 9.89. The quantitative estimate of drug-likeness (QED) is 0.646. The molecule has 0 aromatic heterocycles. The summed E-state index contributed by atoms with van der Waals surface area (Å²) >= 11 is 0. The van der Waals surface area contributed by atoms with E-state index >= 15 is 0 Å². The largest absolute Gasteiger partial charge is 0.432 e. The number of carbonyl (C=O) groups excluding carboxylic acids is 1. The van der Waals surface area contributed by atoms with Gasteiger partial charge in [0.05, 0.1) is 6.10 Å². The van der Waals surface area contributed by atoms with Crippen molar-refractivity contribution in [3.63, 3.8) is 0 Å². The third kappa shape index (κ3) is 1.90. The topological polar surface area (TPSA) is 35.5 Å². The van der Waals surface area contributed by atoms with Crippen LogP contribution < -0.4 is 0 Å². The van der Waals surface area contributed by atoms with Crippen LogP contribution in [0.15, 0.2) is 0 Å². The molecule has 0 aromatic carbocycles. The van der Waals surface area contributed by atoms with E-state index in [1.54, 1.807) is 6.92 Å². The predicted molar refractivity (Wildman–Crippen MR) is 49.4 cm³/mol. The highest BCUT2D eigenvalue weighted by Gasteiger charge is 2.53. The van der Waals surface area contributed by atoms with Gasteiger partial charge >= 0.3 is 5.97 Å². The molecule has 1 heterocycles. The fourth-order valence-corrected chi connectivity index (χ4v) is 1.73. The lowest BCUT2D eigenvalue weighted by Gasteiger charge is -2.23. The Bertz CT molecular complexity index is 227. The van der Waals surface area contributed by atoms with Crippen molar-refractivity contribution in [3.8, 4) is 0 Å². The van der Waals surface area contributed by atoms with Crippen molar-refractivity contribution >= 4 is 5.97 Å². The molecule has 0 radical (unpaired) electrons. The molecule has 1 rings (SSSR count). The molecule has 4 atom stereocenters. The third-order valence-corrected chi connectivity index (χ3v) is 2.88. The number of carbonyl (C=O) groups is 1. The van der Waals surface area contributed by atoms with Crippen molar-refractivity contribution in [3.05, 3.63) is 0 Å². The maximum atomic E-state index is 14.1. The summed E-state index contributed by atoms with van der Waals surface area (Å²) in [6.07, 6.45) is -0.507. The number of alkyl halides is 1. The second kappa shape index (κ2) is 3.85. The van der Waals surface area contributed by atoms with Gasteiger partial charge in [-0.25, -0.2) is 4.39 Å². The summed E-state index contributed by atoms with van der Waals surface area (Å²) in [6.45, 7) is 6.37. The second-order valence-corrected chi connectivity index (χ2v) is 3.96. The Hall–Kier alpha value is -0.640. The zero-order chi connectivity index (χ0) is 10.9. The minimum absolute atomic E-state index is 0.172. The molecule has 0 bridgehead atoms. The SMILES string of the molecule is CC[C@H]1O[C@@H](OC(C)=O)C(C)(F)[C@H]1C. The van der Waals surface area contributed by atoms with E-state index in [-0.39, 0.29) is 12.0 Å². The molecular weight excluding hydrogens is 187 g/mol. The van der Waals surface area contributed by atoms with Crippen LogP contribution in [-0.4, -0.2) is 24.0 Å². The van der Waals surface area contributed by atoms with Crippen molar-refractivity contribution in [2.45, 2.75) is 52.2 Å². The molecule has 82 valence electrons. The Labute approximate surface area is 83.6 Å². The molecule has 1 aliphatic heterocycles. The number of ether oxygens (including phenoxy) is 2. The smallest absolute Gasteiger partial charge is 0.305 e. The predicted octanol–water partition coefficient (Wildman–Crippen LogP) is 2.05. The van der Waals surface area contributed by atoms with E-state index in [2.05, 4.69) is 0 Å². The summed E-state index contributed by atoms with van der Waals surface area (Å²) in [6, 6.07) is 0. The molecule has 0 N–H and O–H groups in total. The number of hydrogen-bond donors (Lipinski definition) is 0. The van der Waals surface area contributed by atoms with Crippen LogP contribution in [0, 0.1) is 5.92 Å². The van der Waals surface area contributed by atoms with Crippen molar-refractivity contribution in [1.82, 2.24) is 0 Å². The number of esters is 1. The summed E-state index contributed by atoms with van der Waals surface area (Å²) in [5.74, 6) is -0.764. The van der Waals surface area contributed by atoms with E-state index in [9.17, 15) is 9.18 Å². The van der Waals surface area contributed by atoms with Crippen LogP contribution in [0.2, 0.25) is 0 Å². The molecule has 1 fully saturated rings. The summed E-state index contributed by atoms with van der Waals surface area (Å²) in [4.78, 5) is 10.7. The first-order chi connectivity index (χ1) is 6.39. The molecule has 1 aliphatic rings. The molecular formula is C10H17FO3. The molecule has 0 aromatic rings. The molecule has 0 spiro atoms. The summed E-state index contributed by atoms with van der Waals surface area (Å²) in [5, 5.41) is 0. The number of halogens is 1. The maximum Gasteiger partial charge on any atom is 0.305 e. The average Bonchev–Trinajstić information content (AvgIpc) is 2.28. The third-order valence-electron chi connectivity index (χ3n) is 2.88. The maximum absolute atomic E-state index is 14.1. The van der Waals surface area contributed by atoms with Gasteiger partial charge in [0.2, 0.25) is 6.29 Å². The van der Waals surface area contributed by atoms with Crippen LogP contribution >= 0.6 is 0 Å². The Morgan fingerprint density at radius 3 is 2.57 bits per heavy atom. The molecule has 0 saturated carbocycles. The Morgan fingerprint density at radius 1 is 1.64 bits per heavy atom. The van der Waals surface area contributed by atoms with Gasteiger partial charge in [0.15, 0.2) is 5.67 Å². The van der Waals surface area contributed by atoms with E-state index in [1.807, 2.05) is 6.92 Å². The first-order valence-electron chi connectivity index (χ1n) is 4.91. The molecule has 0 aliphatic carbocycles. The van der Waals surface area contributed by atoms with Crippen molar-refractivity contribution in [2.24, 2.45) is 5.92 Å². The Kier molecular flexibility index (Phi) is 3.14. The van der Waals surface area contributed by atoms with E-state index in [4.69, 9.17) is 9.47 Å². The minimum atomic E-state index is -1.59. The van der Waals surface area contributed by atoms with Crippen LogP contribution in [0.5, 0.6) is 0 Å². The fraction of sp³-hybridized carbons (Fsp3) is 0.900. The molecule has 4 heteroatoms. The zero-order valence-corrected chi connectivity index (χ0v) is 9.04. The van der Waals surface area contributed by atoms with Gasteiger partial charge in [-0.1, -0.05) is 13.8 Å². The Morgan fingerprint density at radius 2 is 2.21 bits per heavy atom. The molecule has 3 nitrogen and oxygen atoms in total. The van der Waals surface area contributed by atoms with E-state index in [0.717, 1.165) is 6.42 Å². The summed E-state index contributed by atoms with van der Waals surface area (Å²) in [7, 11) is 0. The highest BCUT2D eigenvalue weighted by molar-refractivity contribution is 5.66. The van der Waals surface area contributed by atoms with Gasteiger partial charge in [-0.15, -0.1) is 0 Å². The van der Waals surface area contributed by atoms with Gasteiger partial charge in [-0.3, -0.25) is 4.79 Å². The fourth-order valence-electron chi connectivity index (χ4n) is 1.73. The van der Waals surface area contributed by atoms with Crippen LogP contribution in [0.4, 0.5) is 4.39 Å². The Balaban J connectivity index is 2.74. The normalized spacial score (nSPS) is 42.5. The number of hydrogen-bond acceptors (Lipinski definition) is 3. The van der Waals surface area contributed by atoms with Gasteiger partial charge in [0.1, 0.15) is 0 Å². The highest BCUT2D eigenvalue weighted by atomic mass is 19.1. The van der Waals surface area contributed by atoms with Gasteiger partial charge in [0, 0.05) is 12.8 Å². The first-order valence-corrected chi connectivity index (χ1v) is 4.91. The molecule has 0 amide bonds. The van der Waals surface area contributed by atoms with Crippen LogP contribution in [0.1, 0.15) is 34.1 Å². The monoisotopic (exact) mass is 204 g/mol. The first kappa shape index (κ1) is 11.4. The molecule has 14 heavy (non-hydrogen) atoms. The van der Waals surface area contributed by atoms with E-state index in [0.29, 0.717) is 0 Å². The lowest BCUT2D eigenvalue weighted by Crippen LogP contribution is -2.38. The van der Waals surface area contributed by atoms with Crippen LogP contribution in [0.25, 0.3) is 0 Å². The summed E-state index contributed by atoms with van der Waals surface area (Å²) in [5.41, 5.74) is -1.59. The van der Waals surface area contributed by atoms with Crippen molar-refractivity contribution in [2.75, 3.05) is 0 Å². The second-order valence-electron chi connectivity index (χ2n) is 3.96. The van der Waals surface area contributed by atoms with E-state index in [1.165, 1.54) is 13.8 Å². The number of rotatable bonds is 2. The van der Waals surface area contributed by atoms with Gasteiger partial charge in [0.25, 0.3) is 0 Å². The summed E-state index contributed by atoms with van der Waals surface area (Å²) < 4.78 is 24.2. The lowest BCUT2D eigenvalue weighted by molar-refractivity contribution is -0.191. The molecule has 1 saturated heterocycles. The van der Waals surface area contributed by atoms with Gasteiger partial charge in [-0.2, -0.15) is 0 Å². The van der Waals surface area contributed by atoms with Crippen molar-refractivity contribution in [1.29, 1.82) is 0 Å². The van der Waals surface area contributed by atoms with Gasteiger partial charge in [-0.05, 0) is 13.3 Å². The van der Waals surface area contributed by atoms with Gasteiger partial charge < -0.3 is 9.47 Å². The standard InChI is InChI=1S/C10H17FO3/c1-5-8-6(2)10(4,11)9(14-8)13-7(3)12/h6,8-9H,5H2,1-4H3/t6-,8+,9+,10?/m0/s1.